The van der Waals surface area contributed by atoms with Crippen molar-refractivity contribution in [3.8, 4) is 5.75 Å². The van der Waals surface area contributed by atoms with Gasteiger partial charge in [-0.05, 0) is 30.2 Å². The normalized spacial score (nSPS) is 9.96. The van der Waals surface area contributed by atoms with Crippen LogP contribution < -0.4 is 20.7 Å². The van der Waals surface area contributed by atoms with Crippen molar-refractivity contribution < 1.29 is 14.3 Å². The molecule has 0 aliphatic rings. The second-order valence-corrected chi connectivity index (χ2v) is 5.33. The van der Waals surface area contributed by atoms with Crippen LogP contribution in [0.2, 0.25) is 0 Å². The summed E-state index contributed by atoms with van der Waals surface area (Å²) in [5.41, 5.74) is 3.31. The van der Waals surface area contributed by atoms with Crippen LogP contribution in [0.3, 0.4) is 0 Å². The van der Waals surface area contributed by atoms with Gasteiger partial charge in [-0.1, -0.05) is 24.3 Å². The van der Waals surface area contributed by atoms with Crippen molar-refractivity contribution in [1.29, 1.82) is 0 Å². The monoisotopic (exact) mass is 327 g/mol. The lowest BCUT2D eigenvalue weighted by Crippen LogP contribution is -2.28. The van der Waals surface area contributed by atoms with E-state index in [4.69, 9.17) is 4.74 Å². The first-order chi connectivity index (χ1) is 11.5. The zero-order valence-corrected chi connectivity index (χ0v) is 14.0. The maximum atomic E-state index is 12.0. The van der Waals surface area contributed by atoms with Crippen molar-refractivity contribution in [2.75, 3.05) is 17.7 Å². The Kier molecular flexibility index (Phi) is 5.78. The predicted molar refractivity (Wildman–Crippen MR) is 94.3 cm³/mol. The van der Waals surface area contributed by atoms with E-state index in [9.17, 15) is 9.59 Å². The summed E-state index contributed by atoms with van der Waals surface area (Å²) < 4.78 is 5.23. The highest BCUT2D eigenvalue weighted by atomic mass is 16.5. The van der Waals surface area contributed by atoms with Crippen molar-refractivity contribution in [3.63, 3.8) is 0 Å². The van der Waals surface area contributed by atoms with Gasteiger partial charge in [0.2, 0.25) is 5.91 Å². The summed E-state index contributed by atoms with van der Waals surface area (Å²) in [6.45, 7) is 3.87. The van der Waals surface area contributed by atoms with Gasteiger partial charge in [0.25, 0.3) is 0 Å². The summed E-state index contributed by atoms with van der Waals surface area (Å²) in [6, 6.07) is 12.6. The van der Waals surface area contributed by atoms with E-state index in [1.807, 2.05) is 31.2 Å². The molecule has 24 heavy (non-hydrogen) atoms. The number of hydrogen-bond donors (Lipinski definition) is 3. The highest BCUT2D eigenvalue weighted by molar-refractivity contribution is 5.93. The van der Waals surface area contributed by atoms with Crippen LogP contribution in [-0.2, 0) is 11.3 Å². The molecule has 6 nitrogen and oxygen atoms in total. The number of benzene rings is 2. The molecule has 126 valence electrons. The van der Waals surface area contributed by atoms with E-state index >= 15 is 0 Å². The average molecular weight is 327 g/mol. The smallest absolute Gasteiger partial charge is 0.319 e. The van der Waals surface area contributed by atoms with Crippen LogP contribution in [-0.4, -0.2) is 19.0 Å². The lowest BCUT2D eigenvalue weighted by atomic mass is 10.1. The van der Waals surface area contributed by atoms with Crippen LogP contribution in [0, 0.1) is 6.92 Å². The topological polar surface area (TPSA) is 79.5 Å². The van der Waals surface area contributed by atoms with E-state index in [0.717, 1.165) is 11.1 Å². The van der Waals surface area contributed by atoms with Gasteiger partial charge in [-0.3, -0.25) is 4.79 Å². The van der Waals surface area contributed by atoms with Gasteiger partial charge < -0.3 is 20.7 Å². The molecular formula is C18H21N3O3. The van der Waals surface area contributed by atoms with Crippen molar-refractivity contribution in [1.82, 2.24) is 5.32 Å². The number of rotatable bonds is 5. The zero-order valence-electron chi connectivity index (χ0n) is 14.0. The summed E-state index contributed by atoms with van der Waals surface area (Å²) in [5.74, 6) is 0.284. The van der Waals surface area contributed by atoms with Crippen molar-refractivity contribution >= 4 is 23.3 Å². The predicted octanol–water partition coefficient (Wildman–Crippen LogP) is 3.28. The van der Waals surface area contributed by atoms with Crippen molar-refractivity contribution in [3.05, 3.63) is 53.6 Å². The Morgan fingerprint density at radius 3 is 2.50 bits per heavy atom. The van der Waals surface area contributed by atoms with Crippen LogP contribution >= 0.6 is 0 Å². The van der Waals surface area contributed by atoms with E-state index < -0.39 is 0 Å². The third-order valence-corrected chi connectivity index (χ3v) is 3.47. The molecule has 0 saturated carbocycles. The molecule has 2 rings (SSSR count). The van der Waals surface area contributed by atoms with E-state index in [0.29, 0.717) is 23.7 Å². The molecule has 3 N–H and O–H groups in total. The maximum absolute atomic E-state index is 12.0. The minimum absolute atomic E-state index is 0.190. The minimum Gasteiger partial charge on any atom is -0.494 e. The average Bonchev–Trinajstić information content (AvgIpc) is 2.55. The van der Waals surface area contributed by atoms with E-state index in [1.54, 1.807) is 18.2 Å². The molecule has 0 aliphatic carbocycles. The first kappa shape index (κ1) is 17.3. The fourth-order valence-corrected chi connectivity index (χ4v) is 2.22. The first-order valence-corrected chi connectivity index (χ1v) is 7.54. The third-order valence-electron chi connectivity index (χ3n) is 3.47. The van der Waals surface area contributed by atoms with Crippen LogP contribution in [0.15, 0.2) is 42.5 Å². The molecule has 0 aromatic heterocycles. The largest absolute Gasteiger partial charge is 0.494 e. The van der Waals surface area contributed by atoms with Gasteiger partial charge in [-0.2, -0.15) is 0 Å². The Bertz CT molecular complexity index is 744. The molecule has 0 heterocycles. The molecule has 2 aromatic carbocycles. The lowest BCUT2D eigenvalue weighted by molar-refractivity contribution is -0.114. The quantitative estimate of drug-likeness (QED) is 0.788. The Hall–Kier alpha value is -3.02. The van der Waals surface area contributed by atoms with Gasteiger partial charge in [0, 0.05) is 25.2 Å². The highest BCUT2D eigenvalue weighted by Gasteiger charge is 2.08. The van der Waals surface area contributed by atoms with Gasteiger partial charge in [-0.15, -0.1) is 0 Å². The molecule has 0 aliphatic heterocycles. The molecular weight excluding hydrogens is 306 g/mol. The number of ether oxygens (including phenoxy) is 1. The number of amides is 3. The second-order valence-electron chi connectivity index (χ2n) is 5.33. The minimum atomic E-state index is -0.312. The lowest BCUT2D eigenvalue weighted by Gasteiger charge is -2.13. The number of carbonyl (C=O) groups is 2. The molecule has 2 aromatic rings. The van der Waals surface area contributed by atoms with Crippen molar-refractivity contribution in [2.45, 2.75) is 20.4 Å². The summed E-state index contributed by atoms with van der Waals surface area (Å²) in [5, 5.41) is 8.22. The Balaban J connectivity index is 1.98. The van der Waals surface area contributed by atoms with E-state index in [1.165, 1.54) is 14.0 Å². The van der Waals surface area contributed by atoms with Crippen LogP contribution in [0.1, 0.15) is 18.1 Å². The number of hydrogen-bond acceptors (Lipinski definition) is 3. The van der Waals surface area contributed by atoms with E-state index in [-0.39, 0.29) is 11.9 Å². The Morgan fingerprint density at radius 2 is 1.83 bits per heavy atom. The van der Waals surface area contributed by atoms with Crippen molar-refractivity contribution in [2.24, 2.45) is 0 Å². The standard InChI is InChI=1S/C18H21N3O3/c1-12-6-4-5-7-14(12)11-19-18(23)21-15-8-9-16(20-13(2)22)17(10-15)24-3/h4-10H,11H2,1-3H3,(H,20,22)(H2,19,21,23). The molecule has 0 bridgehead atoms. The van der Waals surface area contributed by atoms with Gasteiger partial charge in [0.15, 0.2) is 0 Å². The summed E-state index contributed by atoms with van der Waals surface area (Å²) in [7, 11) is 1.50. The van der Waals surface area contributed by atoms with Gasteiger partial charge in [0.05, 0.1) is 12.8 Å². The molecule has 6 heteroatoms. The van der Waals surface area contributed by atoms with Gasteiger partial charge in [0.1, 0.15) is 5.75 Å². The number of methoxy groups -OCH3 is 1. The van der Waals surface area contributed by atoms with Gasteiger partial charge >= 0.3 is 6.03 Å². The SMILES string of the molecule is COc1cc(NC(=O)NCc2ccccc2C)ccc1NC(C)=O. The van der Waals surface area contributed by atoms with Crippen LogP contribution in [0.4, 0.5) is 16.2 Å². The number of urea groups is 1. The maximum Gasteiger partial charge on any atom is 0.319 e. The molecule has 0 radical (unpaired) electrons. The summed E-state index contributed by atoms with van der Waals surface area (Å²) in [6.07, 6.45) is 0. The number of nitrogens with one attached hydrogen (secondary N) is 3. The number of anilines is 2. The van der Waals surface area contributed by atoms with Crippen LogP contribution in [0.25, 0.3) is 0 Å². The summed E-state index contributed by atoms with van der Waals surface area (Å²) in [4.78, 5) is 23.2. The molecule has 0 saturated heterocycles. The molecule has 0 fully saturated rings. The molecule has 0 atom stereocenters. The third kappa shape index (κ3) is 4.74. The molecule has 0 spiro atoms. The number of aryl methyl sites for hydroxylation is 1. The Morgan fingerprint density at radius 1 is 1.08 bits per heavy atom. The Labute approximate surface area is 141 Å². The first-order valence-electron chi connectivity index (χ1n) is 7.54. The zero-order chi connectivity index (χ0) is 17.5. The molecule has 0 unspecified atom stereocenters. The van der Waals surface area contributed by atoms with Gasteiger partial charge in [-0.25, -0.2) is 4.79 Å². The summed E-state index contributed by atoms with van der Waals surface area (Å²) >= 11 is 0. The second kappa shape index (κ2) is 8.01. The van der Waals surface area contributed by atoms with Crippen LogP contribution in [0.5, 0.6) is 5.75 Å². The highest BCUT2D eigenvalue weighted by Crippen LogP contribution is 2.27. The van der Waals surface area contributed by atoms with E-state index in [2.05, 4.69) is 16.0 Å². The number of carbonyl (C=O) groups excluding carboxylic acids is 2. The fraction of sp³-hybridized carbons (Fsp3) is 0.222. The molecule has 3 amide bonds. The fourth-order valence-electron chi connectivity index (χ4n) is 2.22.